The summed E-state index contributed by atoms with van der Waals surface area (Å²) in [6.45, 7) is 3.07. The second-order valence-corrected chi connectivity index (χ2v) is 6.28. The van der Waals surface area contributed by atoms with Gasteiger partial charge in [-0.25, -0.2) is 4.68 Å². The largest absolute Gasteiger partial charge is 0.365 e. The summed E-state index contributed by atoms with van der Waals surface area (Å²) in [5.41, 5.74) is 4.57. The highest BCUT2D eigenvalue weighted by Crippen LogP contribution is 2.30. The number of hydrogen-bond donors (Lipinski definition) is 1. The molecule has 4 heterocycles. The number of aromatic nitrogens is 6. The second kappa shape index (κ2) is 5.92. The Labute approximate surface area is 148 Å². The molecule has 1 aliphatic rings. The fourth-order valence-corrected chi connectivity index (χ4v) is 3.06. The van der Waals surface area contributed by atoms with Crippen LogP contribution in [-0.4, -0.2) is 30.1 Å². The molecule has 1 aliphatic heterocycles. The van der Waals surface area contributed by atoms with Gasteiger partial charge in [0.25, 0.3) is 5.89 Å². The van der Waals surface area contributed by atoms with E-state index in [1.54, 1.807) is 6.20 Å². The lowest BCUT2D eigenvalue weighted by atomic mass is 10.1. The second-order valence-electron chi connectivity index (χ2n) is 6.28. The third kappa shape index (κ3) is 2.51. The normalized spacial score (nSPS) is 16.6. The van der Waals surface area contributed by atoms with E-state index in [2.05, 4.69) is 56.6 Å². The van der Waals surface area contributed by atoms with Crippen LogP contribution in [0.3, 0.4) is 0 Å². The summed E-state index contributed by atoms with van der Waals surface area (Å²) in [7, 11) is 0. The van der Waals surface area contributed by atoms with Crippen molar-refractivity contribution in [1.29, 1.82) is 0 Å². The summed E-state index contributed by atoms with van der Waals surface area (Å²) in [6, 6.07) is 12.1. The fraction of sp³-hybridized carbons (Fsp3) is 0.222. The molecule has 0 amide bonds. The topological polar surface area (TPSA) is 94.7 Å². The van der Waals surface area contributed by atoms with Crippen LogP contribution in [0.25, 0.3) is 23.1 Å². The van der Waals surface area contributed by atoms with E-state index in [9.17, 15) is 0 Å². The molecule has 8 heteroatoms. The van der Waals surface area contributed by atoms with Crippen LogP contribution < -0.4 is 0 Å². The molecule has 0 spiro atoms. The van der Waals surface area contributed by atoms with Gasteiger partial charge < -0.3 is 14.2 Å². The first-order valence-electron chi connectivity index (χ1n) is 8.36. The molecular formula is C18H16N6O2. The molecule has 0 fully saturated rings. The molecule has 26 heavy (non-hydrogen) atoms. The summed E-state index contributed by atoms with van der Waals surface area (Å²) in [4.78, 5) is 7.45. The van der Waals surface area contributed by atoms with E-state index in [4.69, 9.17) is 9.26 Å². The van der Waals surface area contributed by atoms with Crippen LogP contribution in [0.5, 0.6) is 0 Å². The number of nitrogens with zero attached hydrogens (tertiary/aromatic N) is 5. The van der Waals surface area contributed by atoms with Crippen LogP contribution in [-0.2, 0) is 17.9 Å². The Bertz CT molecular complexity index is 1030. The van der Waals surface area contributed by atoms with Gasteiger partial charge in [0, 0.05) is 6.20 Å². The first kappa shape index (κ1) is 15.0. The van der Waals surface area contributed by atoms with Crippen molar-refractivity contribution in [2.24, 2.45) is 0 Å². The van der Waals surface area contributed by atoms with E-state index in [0.717, 1.165) is 17.0 Å². The van der Waals surface area contributed by atoms with E-state index >= 15 is 0 Å². The zero-order valence-corrected chi connectivity index (χ0v) is 14.1. The van der Waals surface area contributed by atoms with E-state index in [1.807, 2.05) is 16.8 Å². The Morgan fingerprint density at radius 2 is 2.08 bits per heavy atom. The smallest absolute Gasteiger partial charge is 0.274 e. The number of rotatable bonds is 3. The predicted octanol–water partition coefficient (Wildman–Crippen LogP) is 2.90. The third-order valence-corrected chi connectivity index (χ3v) is 4.51. The summed E-state index contributed by atoms with van der Waals surface area (Å²) in [6.07, 6.45) is 1.76. The maximum Gasteiger partial charge on any atom is 0.274 e. The van der Waals surface area contributed by atoms with Gasteiger partial charge in [-0.1, -0.05) is 40.2 Å². The van der Waals surface area contributed by atoms with Crippen molar-refractivity contribution < 1.29 is 9.26 Å². The molecule has 0 saturated carbocycles. The van der Waals surface area contributed by atoms with Crippen molar-refractivity contribution in [1.82, 2.24) is 30.1 Å². The lowest BCUT2D eigenvalue weighted by molar-refractivity contribution is -0.00112. The first-order valence-corrected chi connectivity index (χ1v) is 8.36. The van der Waals surface area contributed by atoms with Crippen LogP contribution in [0.4, 0.5) is 0 Å². The molecule has 0 aliphatic carbocycles. The van der Waals surface area contributed by atoms with Gasteiger partial charge in [0.2, 0.25) is 5.82 Å². The average Bonchev–Trinajstić information content (AvgIpc) is 3.41. The first-order chi connectivity index (χ1) is 12.8. The minimum atomic E-state index is -0.0441. The monoisotopic (exact) mass is 348 g/mol. The summed E-state index contributed by atoms with van der Waals surface area (Å²) in [5.74, 6) is 0.828. The highest BCUT2D eigenvalue weighted by molar-refractivity contribution is 5.56. The molecule has 0 radical (unpaired) electrons. The van der Waals surface area contributed by atoms with Crippen molar-refractivity contribution >= 4 is 0 Å². The SMILES string of the molecule is Cc1ccc([C@@H]2Cn3nnc(-c4noc(-c5ccc[nH]5)n4)c3CO2)cc1. The van der Waals surface area contributed by atoms with Gasteiger partial charge in [-0.2, -0.15) is 4.98 Å². The zero-order valence-electron chi connectivity index (χ0n) is 14.1. The van der Waals surface area contributed by atoms with E-state index in [0.29, 0.717) is 30.6 Å². The summed E-state index contributed by atoms with van der Waals surface area (Å²) < 4.78 is 13.2. The molecule has 1 N–H and O–H groups in total. The van der Waals surface area contributed by atoms with Gasteiger partial charge in [-0.15, -0.1) is 5.10 Å². The zero-order chi connectivity index (χ0) is 17.5. The minimum absolute atomic E-state index is 0.0441. The number of ether oxygens (including phenoxy) is 1. The van der Waals surface area contributed by atoms with E-state index < -0.39 is 0 Å². The number of aryl methyl sites for hydroxylation is 1. The molecule has 3 aromatic heterocycles. The Morgan fingerprint density at radius 1 is 1.19 bits per heavy atom. The Hall–Kier alpha value is -3.26. The quantitative estimate of drug-likeness (QED) is 0.612. The fourth-order valence-electron chi connectivity index (χ4n) is 3.06. The van der Waals surface area contributed by atoms with Crippen LogP contribution in [0, 0.1) is 6.92 Å². The van der Waals surface area contributed by atoms with Gasteiger partial charge in [-0.05, 0) is 24.6 Å². The van der Waals surface area contributed by atoms with Crippen molar-refractivity contribution in [3.05, 3.63) is 59.4 Å². The van der Waals surface area contributed by atoms with Crippen LogP contribution in [0.1, 0.15) is 22.9 Å². The van der Waals surface area contributed by atoms with Gasteiger partial charge in [0.1, 0.15) is 11.8 Å². The van der Waals surface area contributed by atoms with Crippen LogP contribution >= 0.6 is 0 Å². The van der Waals surface area contributed by atoms with Gasteiger partial charge in [0.05, 0.1) is 18.8 Å². The van der Waals surface area contributed by atoms with Crippen molar-refractivity contribution in [3.8, 4) is 23.1 Å². The van der Waals surface area contributed by atoms with E-state index in [1.165, 1.54) is 5.56 Å². The molecule has 0 bridgehead atoms. The number of H-pyrrole nitrogens is 1. The Balaban J connectivity index is 1.42. The summed E-state index contributed by atoms with van der Waals surface area (Å²) >= 11 is 0. The van der Waals surface area contributed by atoms with Crippen molar-refractivity contribution in [2.45, 2.75) is 26.2 Å². The Morgan fingerprint density at radius 3 is 2.88 bits per heavy atom. The summed E-state index contributed by atoms with van der Waals surface area (Å²) in [5, 5.41) is 12.5. The van der Waals surface area contributed by atoms with Gasteiger partial charge in [0.15, 0.2) is 5.69 Å². The number of fused-ring (bicyclic) bond motifs is 1. The van der Waals surface area contributed by atoms with Crippen LogP contribution in [0.2, 0.25) is 0 Å². The van der Waals surface area contributed by atoms with Gasteiger partial charge >= 0.3 is 0 Å². The predicted molar refractivity (Wildman–Crippen MR) is 91.8 cm³/mol. The number of nitrogens with one attached hydrogen (secondary N) is 1. The van der Waals surface area contributed by atoms with Gasteiger partial charge in [-0.3, -0.25) is 0 Å². The minimum Gasteiger partial charge on any atom is -0.365 e. The lowest BCUT2D eigenvalue weighted by Crippen LogP contribution is -2.22. The molecule has 8 nitrogen and oxygen atoms in total. The molecule has 1 atom stereocenters. The molecule has 130 valence electrons. The molecule has 5 rings (SSSR count). The molecule has 0 saturated heterocycles. The average molecular weight is 348 g/mol. The standard InChI is InChI=1S/C18H16N6O2/c1-11-4-6-12(7-5-11)15-9-24-14(10-25-15)16(21-23-24)17-20-18(26-22-17)13-3-2-8-19-13/h2-8,15,19H,9-10H2,1H3/t15-/m0/s1. The van der Waals surface area contributed by atoms with E-state index in [-0.39, 0.29) is 6.10 Å². The highest BCUT2D eigenvalue weighted by Gasteiger charge is 2.27. The molecular weight excluding hydrogens is 332 g/mol. The molecule has 1 aromatic carbocycles. The highest BCUT2D eigenvalue weighted by atomic mass is 16.5. The maximum absolute atomic E-state index is 6.04. The number of benzene rings is 1. The maximum atomic E-state index is 6.04. The molecule has 4 aromatic rings. The molecule has 0 unspecified atom stereocenters. The number of aromatic amines is 1. The number of hydrogen-bond acceptors (Lipinski definition) is 6. The lowest BCUT2D eigenvalue weighted by Gasteiger charge is -2.24. The van der Waals surface area contributed by atoms with Crippen molar-refractivity contribution in [2.75, 3.05) is 0 Å². The van der Waals surface area contributed by atoms with Crippen molar-refractivity contribution in [3.63, 3.8) is 0 Å². The van der Waals surface area contributed by atoms with Crippen LogP contribution in [0.15, 0.2) is 47.1 Å². The third-order valence-electron chi connectivity index (χ3n) is 4.51. The Kier molecular flexibility index (Phi) is 3.42.